The third-order valence-corrected chi connectivity index (χ3v) is 1.56. The molecule has 0 aliphatic rings. The van der Waals surface area contributed by atoms with Gasteiger partial charge in [0.2, 0.25) is 0 Å². The third kappa shape index (κ3) is 11.5. The number of hydrogen-bond donors (Lipinski definition) is 1. The van der Waals surface area contributed by atoms with Crippen LogP contribution < -0.4 is 18.9 Å². The van der Waals surface area contributed by atoms with Crippen molar-refractivity contribution in [3.8, 4) is 0 Å². The van der Waals surface area contributed by atoms with Gasteiger partial charge in [0.25, 0.3) is 0 Å². The Labute approximate surface area is 97.7 Å². The fourth-order valence-electron chi connectivity index (χ4n) is 0.889. The zero-order valence-electron chi connectivity index (χ0n) is 9.91. The van der Waals surface area contributed by atoms with Crippen molar-refractivity contribution < 1.29 is 39.7 Å². The normalized spacial score (nSPS) is 8.93. The van der Waals surface area contributed by atoms with Crippen LogP contribution in [0.5, 0.6) is 0 Å². The van der Waals surface area contributed by atoms with Gasteiger partial charge in [0.15, 0.2) is 0 Å². The van der Waals surface area contributed by atoms with E-state index in [-0.39, 0.29) is 20.3 Å². The van der Waals surface area contributed by atoms with E-state index in [1.54, 1.807) is 0 Å². The molecule has 1 N–H and O–H groups in total. The van der Waals surface area contributed by atoms with Crippen LogP contribution in [0, 0.1) is 0 Å². The molecule has 0 rings (SSSR count). The topological polar surface area (TPSA) is 63.6 Å². The number of esters is 1. The molecule has 0 atom stereocenters. The maximum Gasteiger partial charge on any atom is 1.00 e. The molecule has 0 spiro atoms. The van der Waals surface area contributed by atoms with Gasteiger partial charge in [-0.2, -0.15) is 0 Å². The second-order valence-corrected chi connectivity index (χ2v) is 2.85. The second-order valence-electron chi connectivity index (χ2n) is 2.85. The monoisotopic (exact) mass is 196 g/mol. The molecule has 0 aromatic heterocycles. The Kier molecular flexibility index (Phi) is 12.1. The number of aliphatic carboxylic acids is 1. The molecular weight excluding hydrogens is 179 g/mol. The molecule has 4 nitrogen and oxygen atoms in total. The summed E-state index contributed by atoms with van der Waals surface area (Å²) in [4.78, 5) is 20.7. The van der Waals surface area contributed by atoms with Gasteiger partial charge in [-0.05, 0) is 6.42 Å². The van der Waals surface area contributed by atoms with E-state index in [1.165, 1.54) is 0 Å². The van der Waals surface area contributed by atoms with Crippen molar-refractivity contribution >= 4 is 11.9 Å². The van der Waals surface area contributed by atoms with E-state index in [1.807, 2.05) is 0 Å². The number of carbonyl (C=O) groups excluding carboxylic acids is 1. The molecule has 0 heterocycles. The Morgan fingerprint density at radius 2 is 1.93 bits per heavy atom. The number of ether oxygens (including phenoxy) is 1. The molecule has 0 bridgehead atoms. The number of hydrogen-bond acceptors (Lipinski definition) is 3. The molecule has 5 heteroatoms. The summed E-state index contributed by atoms with van der Waals surface area (Å²) in [6.45, 7) is 2.43. The molecule has 0 saturated carbocycles. The summed E-state index contributed by atoms with van der Waals surface area (Å²) in [6.07, 6.45) is 3.56. The number of unbranched alkanes of at least 4 members (excludes halogenated alkanes) is 3. The van der Waals surface area contributed by atoms with E-state index in [9.17, 15) is 9.59 Å². The third-order valence-electron chi connectivity index (χ3n) is 1.56. The number of carboxylic acids is 1. The van der Waals surface area contributed by atoms with Gasteiger partial charge in [-0.25, -0.2) is 0 Å². The summed E-state index contributed by atoms with van der Waals surface area (Å²) in [5, 5.41) is 8.22. The van der Waals surface area contributed by atoms with Crippen LogP contribution in [0.25, 0.3) is 0 Å². The number of carbonyl (C=O) groups is 2. The Morgan fingerprint density at radius 3 is 2.43 bits per heavy atom. The summed E-state index contributed by atoms with van der Waals surface area (Å²) in [6, 6.07) is 0. The molecule has 0 aliphatic carbocycles. The van der Waals surface area contributed by atoms with Gasteiger partial charge in [-0.1, -0.05) is 26.2 Å². The zero-order chi connectivity index (χ0) is 10.1. The summed E-state index contributed by atoms with van der Waals surface area (Å²) >= 11 is 0. The van der Waals surface area contributed by atoms with Gasteiger partial charge in [-0.3, -0.25) is 9.59 Å². The van der Waals surface area contributed by atoms with Gasteiger partial charge in [0, 0.05) is 0 Å². The molecule has 0 saturated heterocycles. The molecule has 0 amide bonds. The van der Waals surface area contributed by atoms with Crippen molar-refractivity contribution in [3.05, 3.63) is 0 Å². The van der Waals surface area contributed by atoms with Crippen molar-refractivity contribution in [3.63, 3.8) is 0 Å². The van der Waals surface area contributed by atoms with Crippen molar-refractivity contribution in [2.24, 2.45) is 0 Å². The summed E-state index contributed by atoms with van der Waals surface area (Å²) in [5.41, 5.74) is 0. The molecule has 0 unspecified atom stereocenters. The van der Waals surface area contributed by atoms with Gasteiger partial charge in [0.05, 0.1) is 6.61 Å². The maximum atomic E-state index is 10.7. The smallest absolute Gasteiger partial charge is 1.00 e. The minimum Gasteiger partial charge on any atom is -1.00 e. The minimum absolute atomic E-state index is 0. The zero-order valence-corrected chi connectivity index (χ0v) is 8.91. The van der Waals surface area contributed by atoms with E-state index in [0.29, 0.717) is 6.61 Å². The second kappa shape index (κ2) is 10.6. The molecule has 0 radical (unpaired) electrons. The fraction of sp³-hybridized carbons (Fsp3) is 0.778. The summed E-state index contributed by atoms with van der Waals surface area (Å²) in [7, 11) is 0. The van der Waals surface area contributed by atoms with Crippen LogP contribution in [0.3, 0.4) is 0 Å². The SMILES string of the molecule is CCCCCCOC(=O)CC(=O)O.[H-].[Li+]. The number of rotatable bonds is 7. The van der Waals surface area contributed by atoms with Crippen LogP contribution in [0.15, 0.2) is 0 Å². The van der Waals surface area contributed by atoms with Gasteiger partial charge < -0.3 is 11.3 Å². The molecular formula is C9H17LiO4. The average Bonchev–Trinajstić information content (AvgIpc) is 2.02. The molecule has 0 fully saturated rings. The van der Waals surface area contributed by atoms with Gasteiger partial charge >= 0.3 is 30.8 Å². The predicted molar refractivity (Wildman–Crippen MR) is 48.5 cm³/mol. The first-order chi connectivity index (χ1) is 6.16. The Hall–Kier alpha value is -0.463. The van der Waals surface area contributed by atoms with E-state index in [0.717, 1.165) is 25.7 Å². The molecule has 0 aromatic carbocycles. The van der Waals surface area contributed by atoms with E-state index >= 15 is 0 Å². The minimum atomic E-state index is -1.14. The molecule has 0 aromatic rings. The maximum absolute atomic E-state index is 10.7. The standard InChI is InChI=1S/C9H16O4.Li.H/c1-2-3-4-5-6-13-9(12)7-8(10)11;;/h2-7H2,1H3,(H,10,11);;/q;+1;-1. The molecule has 0 aliphatic heterocycles. The van der Waals surface area contributed by atoms with Crippen LogP contribution >= 0.6 is 0 Å². The Bertz CT molecular complexity index is 175. The van der Waals surface area contributed by atoms with E-state index in [2.05, 4.69) is 11.7 Å². The van der Waals surface area contributed by atoms with Crippen LogP contribution in [-0.4, -0.2) is 23.7 Å². The first-order valence-electron chi connectivity index (χ1n) is 4.54. The molecule has 14 heavy (non-hydrogen) atoms. The first-order valence-corrected chi connectivity index (χ1v) is 4.54. The van der Waals surface area contributed by atoms with E-state index in [4.69, 9.17) is 5.11 Å². The van der Waals surface area contributed by atoms with Crippen LogP contribution in [0.4, 0.5) is 0 Å². The van der Waals surface area contributed by atoms with Crippen molar-refractivity contribution in [1.82, 2.24) is 0 Å². The van der Waals surface area contributed by atoms with Crippen LogP contribution in [0.2, 0.25) is 0 Å². The number of carboxylic acid groups (broad SMARTS) is 1. The fourth-order valence-corrected chi connectivity index (χ4v) is 0.889. The summed E-state index contributed by atoms with van der Waals surface area (Å²) in [5.74, 6) is -1.79. The van der Waals surface area contributed by atoms with Gasteiger partial charge in [0.1, 0.15) is 6.42 Å². The van der Waals surface area contributed by atoms with Crippen molar-refractivity contribution in [2.45, 2.75) is 39.0 Å². The average molecular weight is 196 g/mol. The Morgan fingerprint density at radius 1 is 1.29 bits per heavy atom. The predicted octanol–water partition coefficient (Wildman–Crippen LogP) is -1.30. The van der Waals surface area contributed by atoms with Crippen LogP contribution in [-0.2, 0) is 14.3 Å². The van der Waals surface area contributed by atoms with Crippen molar-refractivity contribution in [1.29, 1.82) is 0 Å². The van der Waals surface area contributed by atoms with Crippen LogP contribution in [0.1, 0.15) is 40.5 Å². The van der Waals surface area contributed by atoms with E-state index < -0.39 is 18.4 Å². The van der Waals surface area contributed by atoms with Crippen molar-refractivity contribution in [2.75, 3.05) is 6.61 Å². The largest absolute Gasteiger partial charge is 1.00 e. The quantitative estimate of drug-likeness (QED) is 0.238. The van der Waals surface area contributed by atoms with Gasteiger partial charge in [-0.15, -0.1) is 0 Å². The Balaban J connectivity index is -0.000000720. The first kappa shape index (κ1) is 16.0. The molecule has 78 valence electrons. The summed E-state index contributed by atoms with van der Waals surface area (Å²) < 4.78 is 4.68.